The summed E-state index contributed by atoms with van der Waals surface area (Å²) in [5.74, 6) is -0.492. The van der Waals surface area contributed by atoms with E-state index in [2.05, 4.69) is 25.5 Å². The van der Waals surface area contributed by atoms with Crippen molar-refractivity contribution in [3.05, 3.63) is 86.9 Å². The number of carbonyl (C=O) groups excluding carboxylic acids is 1. The summed E-state index contributed by atoms with van der Waals surface area (Å²) in [5.41, 5.74) is 1.01. The van der Waals surface area contributed by atoms with Crippen LogP contribution in [-0.2, 0) is 11.0 Å². The predicted molar refractivity (Wildman–Crippen MR) is 160 cm³/mol. The van der Waals surface area contributed by atoms with Crippen molar-refractivity contribution in [2.45, 2.75) is 26.7 Å². The Morgan fingerprint density at radius 2 is 1.93 bits per heavy atom. The van der Waals surface area contributed by atoms with Gasteiger partial charge in [-0.05, 0) is 55.0 Å². The molecule has 0 bridgehead atoms. The maximum atomic E-state index is 12.9. The summed E-state index contributed by atoms with van der Waals surface area (Å²) < 4.78 is 40.8. The van der Waals surface area contributed by atoms with Crippen LogP contribution >= 0.6 is 46.2 Å². The van der Waals surface area contributed by atoms with Crippen LogP contribution in [0.15, 0.2) is 79.2 Å². The molecule has 5 rings (SSSR count). The fourth-order valence-electron chi connectivity index (χ4n) is 3.54. The molecule has 0 aliphatic carbocycles. The third-order valence-electron chi connectivity index (χ3n) is 5.40. The molecule has 9 nitrogen and oxygen atoms in total. The molecule has 1 N–H and O–H groups in total. The van der Waals surface area contributed by atoms with Gasteiger partial charge in [-0.3, -0.25) is 19.9 Å². The number of alkyl halides is 3. The molecule has 0 saturated carbocycles. The molecule has 3 aromatic carbocycles. The van der Waals surface area contributed by atoms with Gasteiger partial charge in [0.1, 0.15) is 5.01 Å². The molecule has 0 unspecified atom stereocenters. The number of amides is 1. The van der Waals surface area contributed by atoms with Gasteiger partial charge in [0.05, 0.1) is 37.0 Å². The number of benzene rings is 3. The Hall–Kier alpha value is -3.86. The molecule has 2 aromatic heterocycles. The fourth-order valence-corrected chi connectivity index (χ4v) is 7.30. The molecule has 0 atom stereocenters. The molecule has 1 amide bonds. The zero-order chi connectivity index (χ0) is 29.9. The maximum Gasteiger partial charge on any atom is 0.416 e. The summed E-state index contributed by atoms with van der Waals surface area (Å²) >= 11 is 5.05. The number of fused-ring (bicyclic) bond motifs is 1. The molecule has 5 aromatic rings. The summed E-state index contributed by atoms with van der Waals surface area (Å²) in [6.45, 7) is 1.81. The lowest BCUT2D eigenvalue weighted by molar-refractivity contribution is -0.387. The second-order valence-electron chi connectivity index (χ2n) is 8.48. The minimum absolute atomic E-state index is 0.0349. The smallest absolute Gasteiger partial charge is 0.325 e. The number of hydrogen-bond acceptors (Lipinski definition) is 11. The lowest BCUT2D eigenvalue weighted by Crippen LogP contribution is -2.14. The van der Waals surface area contributed by atoms with Crippen LogP contribution in [0.1, 0.15) is 16.1 Å². The second kappa shape index (κ2) is 12.6. The van der Waals surface area contributed by atoms with Gasteiger partial charge in [0.2, 0.25) is 5.91 Å². The standard InChI is InChI=1S/C26H17F3N6O3S4/c1-14-33-34-25(40-14)41-21-8-5-15(9-20(21)35(37)38)12-30-17-6-7-19-22(11-17)42-24(32-19)39-13-23(36)31-18-4-2-3-16(10-18)26(27,28)29/h2-12H,13H2,1H3,(H,31,36). The van der Waals surface area contributed by atoms with Crippen molar-refractivity contribution in [1.82, 2.24) is 15.2 Å². The lowest BCUT2D eigenvalue weighted by Gasteiger charge is -2.09. The van der Waals surface area contributed by atoms with E-state index in [0.717, 1.165) is 21.8 Å². The number of nitrogens with zero attached hydrogens (tertiary/aromatic N) is 5. The topological polar surface area (TPSA) is 123 Å². The Kier molecular flexibility index (Phi) is 8.86. The van der Waals surface area contributed by atoms with Crippen LogP contribution in [0.3, 0.4) is 0 Å². The van der Waals surface area contributed by atoms with Crippen LogP contribution in [0.2, 0.25) is 0 Å². The normalized spacial score (nSPS) is 11.8. The Bertz CT molecular complexity index is 1820. The Morgan fingerprint density at radius 1 is 1.10 bits per heavy atom. The van der Waals surface area contributed by atoms with Crippen molar-refractivity contribution in [1.29, 1.82) is 0 Å². The molecule has 0 spiro atoms. The largest absolute Gasteiger partial charge is 0.416 e. The zero-order valence-electron chi connectivity index (χ0n) is 21.3. The number of anilines is 1. The Labute approximate surface area is 252 Å². The fraction of sp³-hybridized carbons (Fsp3) is 0.115. The van der Waals surface area contributed by atoms with Crippen molar-refractivity contribution in [3.8, 4) is 0 Å². The van der Waals surface area contributed by atoms with Gasteiger partial charge in [-0.2, -0.15) is 13.2 Å². The van der Waals surface area contributed by atoms with E-state index in [1.807, 2.05) is 13.0 Å². The number of aromatic nitrogens is 3. The van der Waals surface area contributed by atoms with Crippen LogP contribution in [0.25, 0.3) is 10.2 Å². The minimum atomic E-state index is -4.50. The number of rotatable bonds is 9. The van der Waals surface area contributed by atoms with E-state index in [-0.39, 0.29) is 17.1 Å². The summed E-state index contributed by atoms with van der Waals surface area (Å²) in [4.78, 5) is 32.9. The highest BCUT2D eigenvalue weighted by molar-refractivity contribution is 8.01. The number of carbonyl (C=O) groups is 1. The molecule has 0 fully saturated rings. The van der Waals surface area contributed by atoms with Gasteiger partial charge in [0.15, 0.2) is 8.68 Å². The third-order valence-corrected chi connectivity index (χ3v) is 9.52. The average molecular weight is 647 g/mol. The van der Waals surface area contributed by atoms with Crippen LogP contribution in [-0.4, -0.2) is 38.0 Å². The van der Waals surface area contributed by atoms with E-state index in [4.69, 9.17) is 0 Å². The Morgan fingerprint density at radius 3 is 2.67 bits per heavy atom. The molecule has 0 radical (unpaired) electrons. The first-order chi connectivity index (χ1) is 20.0. The van der Waals surface area contributed by atoms with Crippen molar-refractivity contribution < 1.29 is 22.9 Å². The van der Waals surface area contributed by atoms with E-state index < -0.39 is 22.6 Å². The number of nitro benzene ring substituents is 1. The van der Waals surface area contributed by atoms with Crippen molar-refractivity contribution >= 4 is 85.6 Å². The molecular formula is C26H17F3N6O3S4. The molecule has 0 aliphatic rings. The monoisotopic (exact) mass is 646 g/mol. The second-order valence-corrected chi connectivity index (χ2v) is 13.2. The molecule has 16 heteroatoms. The zero-order valence-corrected chi connectivity index (χ0v) is 24.6. The number of thioether (sulfide) groups is 1. The van der Waals surface area contributed by atoms with Crippen molar-refractivity contribution in [2.24, 2.45) is 4.99 Å². The third kappa shape index (κ3) is 7.50. The first-order valence-corrected chi connectivity index (χ1v) is 15.3. The summed E-state index contributed by atoms with van der Waals surface area (Å²) in [6.07, 6.45) is -2.97. The molecule has 42 heavy (non-hydrogen) atoms. The van der Waals surface area contributed by atoms with Crippen LogP contribution < -0.4 is 5.32 Å². The molecule has 214 valence electrons. The Balaban J connectivity index is 1.23. The van der Waals surface area contributed by atoms with Gasteiger partial charge < -0.3 is 5.32 Å². The summed E-state index contributed by atoms with van der Waals surface area (Å²) in [5, 5.41) is 22.9. The maximum absolute atomic E-state index is 12.9. The van der Waals surface area contributed by atoms with Crippen LogP contribution in [0.4, 0.5) is 30.2 Å². The quantitative estimate of drug-likeness (QED) is 0.0739. The van der Waals surface area contributed by atoms with Gasteiger partial charge in [-0.15, -0.1) is 21.5 Å². The lowest BCUT2D eigenvalue weighted by atomic mass is 10.2. The van der Waals surface area contributed by atoms with E-state index in [1.54, 1.807) is 24.3 Å². The van der Waals surface area contributed by atoms with Crippen LogP contribution in [0, 0.1) is 17.0 Å². The van der Waals surface area contributed by atoms with E-state index >= 15 is 0 Å². The number of aryl methyl sites for hydroxylation is 1. The number of hydrogen-bond donors (Lipinski definition) is 1. The van der Waals surface area contributed by atoms with Gasteiger partial charge >= 0.3 is 6.18 Å². The highest BCUT2D eigenvalue weighted by Crippen LogP contribution is 2.37. The highest BCUT2D eigenvalue weighted by Gasteiger charge is 2.30. The predicted octanol–water partition coefficient (Wildman–Crippen LogP) is 8.02. The van der Waals surface area contributed by atoms with Crippen molar-refractivity contribution in [3.63, 3.8) is 0 Å². The number of nitrogens with one attached hydrogen (secondary N) is 1. The number of thiazole rings is 1. The van der Waals surface area contributed by atoms with Gasteiger partial charge in [-0.1, -0.05) is 47.0 Å². The molecular weight excluding hydrogens is 630 g/mol. The van der Waals surface area contributed by atoms with E-state index in [0.29, 0.717) is 30.3 Å². The van der Waals surface area contributed by atoms with E-state index in [9.17, 15) is 28.1 Å². The number of aliphatic imine (C=N–C) groups is 1. The van der Waals surface area contributed by atoms with Crippen LogP contribution in [0.5, 0.6) is 0 Å². The van der Waals surface area contributed by atoms with Crippen molar-refractivity contribution in [2.75, 3.05) is 11.1 Å². The van der Waals surface area contributed by atoms with Gasteiger partial charge in [-0.25, -0.2) is 4.98 Å². The number of nitro groups is 1. The summed E-state index contributed by atoms with van der Waals surface area (Å²) in [7, 11) is 0. The average Bonchev–Trinajstić information content (AvgIpc) is 3.55. The van der Waals surface area contributed by atoms with Gasteiger partial charge in [0, 0.05) is 18.0 Å². The summed E-state index contributed by atoms with van der Waals surface area (Å²) in [6, 6.07) is 14.6. The first-order valence-electron chi connectivity index (χ1n) is 11.8. The SMILES string of the molecule is Cc1nnc(Sc2ccc(C=Nc3ccc4nc(SCC(=O)Nc5cccc(C(F)(F)F)c5)sc4c3)cc2[N+](=O)[O-])s1. The molecule has 0 aliphatic heterocycles. The first kappa shape index (κ1) is 29.6. The van der Waals surface area contributed by atoms with Gasteiger partial charge in [0.25, 0.3) is 5.69 Å². The van der Waals surface area contributed by atoms with E-state index in [1.165, 1.54) is 70.6 Å². The highest BCUT2D eigenvalue weighted by atomic mass is 32.2. The number of halogens is 3. The molecule has 0 saturated heterocycles. The minimum Gasteiger partial charge on any atom is -0.325 e. The molecule has 2 heterocycles.